The van der Waals surface area contributed by atoms with Gasteiger partial charge in [-0.25, -0.2) is 0 Å². The van der Waals surface area contributed by atoms with Crippen molar-refractivity contribution in [2.24, 2.45) is 4.99 Å². The molecule has 1 fully saturated rings. The van der Waals surface area contributed by atoms with Crippen molar-refractivity contribution in [3.63, 3.8) is 0 Å². The van der Waals surface area contributed by atoms with Crippen LogP contribution in [0.5, 0.6) is 0 Å². The second-order valence-corrected chi connectivity index (χ2v) is 5.48. The number of benzene rings is 1. The molecule has 0 amide bonds. The van der Waals surface area contributed by atoms with Crippen molar-refractivity contribution in [3.05, 3.63) is 34.9 Å². The van der Waals surface area contributed by atoms with E-state index in [0.717, 1.165) is 37.3 Å². The Morgan fingerprint density at radius 3 is 2.61 bits per heavy atom. The third-order valence-corrected chi connectivity index (χ3v) is 4.41. The zero-order chi connectivity index (χ0) is 13.0. The maximum atomic E-state index is 6.36. The van der Waals surface area contributed by atoms with Crippen molar-refractivity contribution in [3.8, 4) is 0 Å². The highest BCUT2D eigenvalue weighted by atomic mass is 35.5. The number of halogens is 1. The SMILES string of the molecule is C=NCC1(c2ccccc2Cl)CCC(OC)CC1. The highest BCUT2D eigenvalue weighted by Gasteiger charge is 2.37. The van der Waals surface area contributed by atoms with Gasteiger partial charge in [0.1, 0.15) is 0 Å². The zero-order valence-corrected chi connectivity index (χ0v) is 11.6. The minimum absolute atomic E-state index is 0.0507. The average molecular weight is 266 g/mol. The lowest BCUT2D eigenvalue weighted by atomic mass is 9.68. The Kier molecular flexibility index (Phi) is 4.41. The van der Waals surface area contributed by atoms with Crippen LogP contribution in [0.3, 0.4) is 0 Å². The monoisotopic (exact) mass is 265 g/mol. The Hall–Kier alpha value is -0.860. The normalized spacial score (nSPS) is 28.0. The van der Waals surface area contributed by atoms with Crippen molar-refractivity contribution < 1.29 is 4.74 Å². The molecule has 0 unspecified atom stereocenters. The maximum absolute atomic E-state index is 6.36. The van der Waals surface area contributed by atoms with E-state index in [2.05, 4.69) is 23.8 Å². The predicted molar refractivity (Wildman–Crippen MR) is 76.8 cm³/mol. The Labute approximate surface area is 114 Å². The van der Waals surface area contributed by atoms with Gasteiger partial charge in [-0.15, -0.1) is 0 Å². The first-order valence-corrected chi connectivity index (χ1v) is 6.80. The number of ether oxygens (including phenoxy) is 1. The number of rotatable bonds is 4. The molecule has 0 bridgehead atoms. The van der Waals surface area contributed by atoms with E-state index in [-0.39, 0.29) is 5.41 Å². The number of methoxy groups -OCH3 is 1. The van der Waals surface area contributed by atoms with Crippen molar-refractivity contribution in [1.29, 1.82) is 0 Å². The summed E-state index contributed by atoms with van der Waals surface area (Å²) in [5.41, 5.74) is 1.27. The Balaban J connectivity index is 2.28. The van der Waals surface area contributed by atoms with Gasteiger partial charge in [0.15, 0.2) is 0 Å². The van der Waals surface area contributed by atoms with Crippen LogP contribution in [-0.2, 0) is 10.2 Å². The molecule has 1 aliphatic rings. The molecule has 0 aliphatic heterocycles. The molecule has 3 heteroatoms. The fourth-order valence-electron chi connectivity index (χ4n) is 3.00. The van der Waals surface area contributed by atoms with Crippen LogP contribution in [0.15, 0.2) is 29.3 Å². The van der Waals surface area contributed by atoms with Crippen LogP contribution in [0, 0.1) is 0 Å². The van der Waals surface area contributed by atoms with Crippen molar-refractivity contribution in [2.45, 2.75) is 37.2 Å². The summed E-state index contributed by atoms with van der Waals surface area (Å²) < 4.78 is 5.45. The molecule has 1 aromatic carbocycles. The smallest absolute Gasteiger partial charge is 0.0572 e. The van der Waals surface area contributed by atoms with Crippen LogP contribution >= 0.6 is 11.6 Å². The number of hydrogen-bond acceptors (Lipinski definition) is 2. The number of aliphatic imine (C=N–C) groups is 1. The van der Waals surface area contributed by atoms with Gasteiger partial charge in [0, 0.05) is 24.1 Å². The molecule has 0 atom stereocenters. The molecule has 0 spiro atoms. The standard InChI is InChI=1S/C15H20ClNO/c1-17-11-15(9-7-12(18-2)8-10-15)13-5-3-4-6-14(13)16/h3-6,12H,1,7-11H2,2H3. The van der Waals surface area contributed by atoms with E-state index in [0.29, 0.717) is 6.10 Å². The third-order valence-electron chi connectivity index (χ3n) is 4.08. The van der Waals surface area contributed by atoms with Gasteiger partial charge in [0.25, 0.3) is 0 Å². The van der Waals surface area contributed by atoms with Crippen molar-refractivity contribution >= 4 is 18.3 Å². The summed E-state index contributed by atoms with van der Waals surface area (Å²) >= 11 is 6.36. The maximum Gasteiger partial charge on any atom is 0.0572 e. The van der Waals surface area contributed by atoms with E-state index in [4.69, 9.17) is 16.3 Å². The Bertz CT molecular complexity index is 411. The quantitative estimate of drug-likeness (QED) is 0.758. The van der Waals surface area contributed by atoms with Crippen molar-refractivity contribution in [2.75, 3.05) is 13.7 Å². The molecule has 2 nitrogen and oxygen atoms in total. The lowest BCUT2D eigenvalue weighted by Gasteiger charge is -2.39. The lowest BCUT2D eigenvalue weighted by molar-refractivity contribution is 0.0499. The molecule has 1 saturated carbocycles. The van der Waals surface area contributed by atoms with Gasteiger partial charge in [-0.3, -0.25) is 0 Å². The molecule has 1 aromatic rings. The summed E-state index contributed by atoms with van der Waals surface area (Å²) in [5, 5.41) is 0.844. The average Bonchev–Trinajstić information content (AvgIpc) is 2.40. The number of nitrogens with zero attached hydrogens (tertiary/aromatic N) is 1. The van der Waals surface area contributed by atoms with E-state index in [1.165, 1.54) is 5.56 Å². The number of hydrogen-bond donors (Lipinski definition) is 0. The lowest BCUT2D eigenvalue weighted by Crippen LogP contribution is -2.37. The summed E-state index contributed by atoms with van der Waals surface area (Å²) in [6.07, 6.45) is 4.64. The molecule has 0 radical (unpaired) electrons. The molecule has 0 N–H and O–H groups in total. The van der Waals surface area contributed by atoms with Gasteiger partial charge in [-0.2, -0.15) is 0 Å². The van der Waals surface area contributed by atoms with Gasteiger partial charge >= 0.3 is 0 Å². The molecule has 0 aromatic heterocycles. The van der Waals surface area contributed by atoms with E-state index in [1.54, 1.807) is 7.11 Å². The first-order valence-electron chi connectivity index (χ1n) is 6.42. The van der Waals surface area contributed by atoms with E-state index < -0.39 is 0 Å². The molecule has 1 aliphatic carbocycles. The van der Waals surface area contributed by atoms with Gasteiger partial charge in [0.2, 0.25) is 0 Å². The highest BCUT2D eigenvalue weighted by molar-refractivity contribution is 6.31. The topological polar surface area (TPSA) is 21.6 Å². The predicted octanol–water partition coefficient (Wildman–Crippen LogP) is 3.87. The largest absolute Gasteiger partial charge is 0.381 e. The van der Waals surface area contributed by atoms with Crippen LogP contribution in [-0.4, -0.2) is 26.5 Å². The minimum Gasteiger partial charge on any atom is -0.381 e. The third kappa shape index (κ3) is 2.60. The van der Waals surface area contributed by atoms with Gasteiger partial charge in [0.05, 0.1) is 6.10 Å². The molecular weight excluding hydrogens is 246 g/mol. The Morgan fingerprint density at radius 1 is 1.39 bits per heavy atom. The summed E-state index contributed by atoms with van der Waals surface area (Å²) in [6, 6.07) is 8.11. The summed E-state index contributed by atoms with van der Waals surface area (Å²) in [7, 11) is 1.79. The fraction of sp³-hybridized carbons (Fsp3) is 0.533. The molecule has 0 saturated heterocycles. The van der Waals surface area contributed by atoms with Crippen LogP contribution in [0.2, 0.25) is 5.02 Å². The minimum atomic E-state index is 0.0507. The molecule has 0 heterocycles. The highest BCUT2D eigenvalue weighted by Crippen LogP contribution is 2.43. The van der Waals surface area contributed by atoms with Crippen LogP contribution in [0.25, 0.3) is 0 Å². The van der Waals surface area contributed by atoms with Crippen LogP contribution in [0.1, 0.15) is 31.2 Å². The van der Waals surface area contributed by atoms with E-state index in [9.17, 15) is 0 Å². The second-order valence-electron chi connectivity index (χ2n) is 5.08. The summed E-state index contributed by atoms with van der Waals surface area (Å²) in [4.78, 5) is 4.15. The molecule has 98 valence electrons. The van der Waals surface area contributed by atoms with Crippen LogP contribution < -0.4 is 0 Å². The van der Waals surface area contributed by atoms with E-state index >= 15 is 0 Å². The first kappa shape index (κ1) is 13.6. The van der Waals surface area contributed by atoms with Gasteiger partial charge < -0.3 is 9.73 Å². The molecule has 2 rings (SSSR count). The van der Waals surface area contributed by atoms with Gasteiger partial charge in [-0.1, -0.05) is 29.8 Å². The van der Waals surface area contributed by atoms with E-state index in [1.807, 2.05) is 12.1 Å². The van der Waals surface area contributed by atoms with Gasteiger partial charge in [-0.05, 0) is 44.0 Å². The summed E-state index contributed by atoms with van der Waals surface area (Å²) in [6.45, 7) is 4.41. The fourth-order valence-corrected chi connectivity index (χ4v) is 3.33. The Morgan fingerprint density at radius 2 is 2.06 bits per heavy atom. The zero-order valence-electron chi connectivity index (χ0n) is 10.9. The van der Waals surface area contributed by atoms with Crippen molar-refractivity contribution in [1.82, 2.24) is 0 Å². The molecule has 18 heavy (non-hydrogen) atoms. The summed E-state index contributed by atoms with van der Waals surface area (Å²) in [5.74, 6) is 0. The van der Waals surface area contributed by atoms with Crippen LogP contribution in [0.4, 0.5) is 0 Å². The second kappa shape index (κ2) is 5.85. The first-order chi connectivity index (χ1) is 8.72. The molecular formula is C15H20ClNO.